The van der Waals surface area contributed by atoms with Gasteiger partial charge >= 0.3 is 12.1 Å². The molecule has 0 saturated heterocycles. The zero-order valence-corrected chi connectivity index (χ0v) is 17.3. The minimum absolute atomic E-state index is 0.00294. The molecule has 3 aromatic carbocycles. The van der Waals surface area contributed by atoms with Crippen LogP contribution in [-0.2, 0) is 28.7 Å². The summed E-state index contributed by atoms with van der Waals surface area (Å²) in [5.74, 6) is -0.427. The number of alkyl halides is 3. The molecule has 0 atom stereocenters. The van der Waals surface area contributed by atoms with Crippen LogP contribution < -0.4 is 4.90 Å². The molecule has 164 valence electrons. The molecular formula is C25H20F3NO3. The fourth-order valence-electron chi connectivity index (χ4n) is 3.81. The maximum atomic E-state index is 12.8. The number of rotatable bonds is 4. The number of fused-ring (bicyclic) bond motifs is 1. The van der Waals surface area contributed by atoms with Crippen molar-refractivity contribution in [2.24, 2.45) is 0 Å². The van der Waals surface area contributed by atoms with Gasteiger partial charge < -0.3 is 9.64 Å². The highest BCUT2D eigenvalue weighted by Crippen LogP contribution is 2.35. The average Bonchev–Trinajstić information content (AvgIpc) is 2.80. The first-order chi connectivity index (χ1) is 15.3. The summed E-state index contributed by atoms with van der Waals surface area (Å²) in [7, 11) is 1.32. The number of hydrogen-bond acceptors (Lipinski definition) is 3. The van der Waals surface area contributed by atoms with Gasteiger partial charge in [0.05, 0.1) is 24.8 Å². The Kier molecular flexibility index (Phi) is 5.74. The summed E-state index contributed by atoms with van der Waals surface area (Å²) in [6, 6.07) is 17.5. The van der Waals surface area contributed by atoms with E-state index in [0.29, 0.717) is 30.5 Å². The molecule has 0 aromatic heterocycles. The van der Waals surface area contributed by atoms with E-state index >= 15 is 0 Å². The first-order valence-corrected chi connectivity index (χ1v) is 10.0. The highest BCUT2D eigenvalue weighted by molar-refractivity contribution is 5.97. The number of nitrogens with zero attached hydrogens (tertiary/aromatic N) is 1. The summed E-state index contributed by atoms with van der Waals surface area (Å²) >= 11 is 0. The molecule has 0 bridgehead atoms. The normalized spacial score (nSPS) is 13.6. The molecule has 1 aliphatic heterocycles. The quantitative estimate of drug-likeness (QED) is 0.495. The van der Waals surface area contributed by atoms with Crippen molar-refractivity contribution in [2.75, 3.05) is 12.0 Å². The molecule has 0 radical (unpaired) electrons. The first-order valence-electron chi connectivity index (χ1n) is 10.0. The average molecular weight is 439 g/mol. The van der Waals surface area contributed by atoms with E-state index in [0.717, 1.165) is 34.5 Å². The molecule has 1 heterocycles. The van der Waals surface area contributed by atoms with Crippen LogP contribution in [0.4, 0.5) is 18.9 Å². The number of amides is 1. The van der Waals surface area contributed by atoms with Crippen molar-refractivity contribution in [2.45, 2.75) is 25.6 Å². The van der Waals surface area contributed by atoms with E-state index in [2.05, 4.69) is 0 Å². The molecule has 0 spiro atoms. The second-order valence-corrected chi connectivity index (χ2v) is 7.59. The van der Waals surface area contributed by atoms with Gasteiger partial charge in [0.15, 0.2) is 0 Å². The van der Waals surface area contributed by atoms with E-state index in [4.69, 9.17) is 4.74 Å². The Balaban J connectivity index is 1.58. The number of ether oxygens (including phenoxy) is 1. The second kappa shape index (κ2) is 8.49. The SMILES string of the molecule is COC(=O)c1ccc(CN2C(=O)CCc3cc(-c4ccc(C(F)(F)F)cc4)ccc32)cc1. The Labute approximate surface area is 183 Å². The Morgan fingerprint density at radius 3 is 2.22 bits per heavy atom. The topological polar surface area (TPSA) is 46.6 Å². The van der Waals surface area contributed by atoms with E-state index in [1.807, 2.05) is 18.2 Å². The van der Waals surface area contributed by atoms with Crippen LogP contribution in [0.5, 0.6) is 0 Å². The number of halogens is 3. The van der Waals surface area contributed by atoms with Gasteiger partial charge in [-0.25, -0.2) is 4.79 Å². The Morgan fingerprint density at radius 1 is 0.938 bits per heavy atom. The van der Waals surface area contributed by atoms with E-state index in [1.54, 1.807) is 29.2 Å². The van der Waals surface area contributed by atoms with Gasteiger partial charge in [0, 0.05) is 12.1 Å². The molecule has 32 heavy (non-hydrogen) atoms. The zero-order chi connectivity index (χ0) is 22.9. The molecule has 1 amide bonds. The number of methoxy groups -OCH3 is 1. The van der Waals surface area contributed by atoms with Gasteiger partial charge in [0.25, 0.3) is 0 Å². The van der Waals surface area contributed by atoms with Gasteiger partial charge in [-0.15, -0.1) is 0 Å². The third kappa shape index (κ3) is 4.37. The maximum absolute atomic E-state index is 12.8. The van der Waals surface area contributed by atoms with Crippen molar-refractivity contribution in [1.82, 2.24) is 0 Å². The lowest BCUT2D eigenvalue weighted by Crippen LogP contribution is -2.34. The van der Waals surface area contributed by atoms with E-state index in [9.17, 15) is 22.8 Å². The van der Waals surface area contributed by atoms with Crippen LogP contribution in [0.2, 0.25) is 0 Å². The zero-order valence-electron chi connectivity index (χ0n) is 17.3. The summed E-state index contributed by atoms with van der Waals surface area (Å²) in [6.45, 7) is 0.354. The largest absolute Gasteiger partial charge is 0.465 e. The van der Waals surface area contributed by atoms with Crippen molar-refractivity contribution in [3.05, 3.63) is 89.0 Å². The van der Waals surface area contributed by atoms with Gasteiger partial charge in [-0.05, 0) is 65.1 Å². The van der Waals surface area contributed by atoms with Crippen molar-refractivity contribution in [3.8, 4) is 11.1 Å². The highest BCUT2D eigenvalue weighted by Gasteiger charge is 2.30. The van der Waals surface area contributed by atoms with Crippen LogP contribution in [0.25, 0.3) is 11.1 Å². The minimum atomic E-state index is -4.37. The van der Waals surface area contributed by atoms with Crippen molar-refractivity contribution in [1.29, 1.82) is 0 Å². The minimum Gasteiger partial charge on any atom is -0.465 e. The number of esters is 1. The molecule has 0 fully saturated rings. The molecule has 0 saturated carbocycles. The molecule has 3 aromatic rings. The predicted molar refractivity (Wildman–Crippen MR) is 114 cm³/mol. The van der Waals surface area contributed by atoms with E-state index < -0.39 is 17.7 Å². The van der Waals surface area contributed by atoms with Crippen LogP contribution >= 0.6 is 0 Å². The molecule has 4 nitrogen and oxygen atoms in total. The number of carbonyl (C=O) groups excluding carboxylic acids is 2. The lowest BCUT2D eigenvalue weighted by atomic mass is 9.95. The maximum Gasteiger partial charge on any atom is 0.416 e. The molecule has 1 aliphatic rings. The van der Waals surface area contributed by atoms with Crippen LogP contribution in [-0.4, -0.2) is 19.0 Å². The van der Waals surface area contributed by atoms with E-state index in [-0.39, 0.29) is 5.91 Å². The van der Waals surface area contributed by atoms with Crippen molar-refractivity contribution in [3.63, 3.8) is 0 Å². The molecular weight excluding hydrogens is 419 g/mol. The lowest BCUT2D eigenvalue weighted by molar-refractivity contribution is -0.137. The summed E-state index contributed by atoms with van der Waals surface area (Å²) in [6.07, 6.45) is -3.45. The Hall–Kier alpha value is -3.61. The number of benzene rings is 3. The molecule has 4 rings (SSSR count). The monoisotopic (exact) mass is 439 g/mol. The number of hydrogen-bond donors (Lipinski definition) is 0. The van der Waals surface area contributed by atoms with Crippen LogP contribution in [0.1, 0.15) is 33.5 Å². The van der Waals surface area contributed by atoms with Crippen molar-refractivity contribution < 1.29 is 27.5 Å². The Morgan fingerprint density at radius 2 is 1.59 bits per heavy atom. The molecule has 0 aliphatic carbocycles. The van der Waals surface area contributed by atoms with Crippen molar-refractivity contribution >= 4 is 17.6 Å². The third-order valence-corrected chi connectivity index (χ3v) is 5.54. The van der Waals surface area contributed by atoms with Gasteiger partial charge in [0.2, 0.25) is 5.91 Å². The fourth-order valence-corrected chi connectivity index (χ4v) is 3.81. The van der Waals surface area contributed by atoms with Crippen LogP contribution in [0.15, 0.2) is 66.7 Å². The van der Waals surface area contributed by atoms with Gasteiger partial charge in [-0.2, -0.15) is 13.2 Å². The number of carbonyl (C=O) groups is 2. The summed E-state index contributed by atoms with van der Waals surface area (Å²) in [4.78, 5) is 25.9. The fraction of sp³-hybridized carbons (Fsp3) is 0.200. The Bertz CT molecular complexity index is 1150. The van der Waals surface area contributed by atoms with Gasteiger partial charge in [-0.3, -0.25) is 4.79 Å². The molecule has 0 unspecified atom stereocenters. The standard InChI is InChI=1S/C25H20F3NO3/c1-32-24(31)18-4-2-16(3-5-18)15-29-22-12-8-19(14-20(22)9-13-23(29)30)17-6-10-21(11-7-17)25(26,27)28/h2-8,10-12,14H,9,13,15H2,1H3. The first kappa shape index (κ1) is 21.6. The summed E-state index contributed by atoms with van der Waals surface area (Å²) in [5.41, 5.74) is 3.85. The predicted octanol–water partition coefficient (Wildman–Crippen LogP) is 5.64. The van der Waals surface area contributed by atoms with E-state index in [1.165, 1.54) is 19.2 Å². The third-order valence-electron chi connectivity index (χ3n) is 5.54. The summed E-state index contributed by atoms with van der Waals surface area (Å²) < 4.78 is 43.2. The summed E-state index contributed by atoms with van der Waals surface area (Å²) in [5, 5.41) is 0. The number of aryl methyl sites for hydroxylation is 1. The smallest absolute Gasteiger partial charge is 0.416 e. The highest BCUT2D eigenvalue weighted by atomic mass is 19.4. The van der Waals surface area contributed by atoms with Gasteiger partial charge in [-0.1, -0.05) is 30.3 Å². The van der Waals surface area contributed by atoms with Crippen LogP contribution in [0, 0.1) is 0 Å². The van der Waals surface area contributed by atoms with Crippen LogP contribution in [0.3, 0.4) is 0 Å². The molecule has 0 N–H and O–H groups in total. The van der Waals surface area contributed by atoms with Gasteiger partial charge in [0.1, 0.15) is 0 Å². The number of anilines is 1. The molecule has 7 heteroatoms. The second-order valence-electron chi connectivity index (χ2n) is 7.59. The lowest BCUT2D eigenvalue weighted by Gasteiger charge is -2.30.